The molecule has 0 spiro atoms. The molecule has 16 heavy (non-hydrogen) atoms. The summed E-state index contributed by atoms with van der Waals surface area (Å²) in [6.07, 6.45) is 3.98. The van der Waals surface area contributed by atoms with Crippen molar-refractivity contribution >= 4 is 0 Å². The third kappa shape index (κ3) is 3.72. The van der Waals surface area contributed by atoms with Gasteiger partial charge in [-0.3, -0.25) is 4.90 Å². The van der Waals surface area contributed by atoms with Crippen LogP contribution in [-0.4, -0.2) is 43.3 Å². The van der Waals surface area contributed by atoms with Crippen molar-refractivity contribution in [3.63, 3.8) is 0 Å². The number of nitrogens with zero attached hydrogens (tertiary/aromatic N) is 1. The lowest BCUT2D eigenvalue weighted by atomic mass is 9.89. The van der Waals surface area contributed by atoms with Gasteiger partial charge in [0.05, 0.1) is 6.10 Å². The molecule has 1 aliphatic rings. The molecule has 0 aromatic heterocycles. The van der Waals surface area contributed by atoms with Crippen LogP contribution in [0.2, 0.25) is 0 Å². The minimum Gasteiger partial charge on any atom is -0.377 e. The van der Waals surface area contributed by atoms with Crippen LogP contribution < -0.4 is 5.73 Å². The Hall–Kier alpha value is -0.120. The van der Waals surface area contributed by atoms with E-state index < -0.39 is 0 Å². The van der Waals surface area contributed by atoms with Gasteiger partial charge in [-0.15, -0.1) is 0 Å². The number of hydrogen-bond acceptors (Lipinski definition) is 3. The number of nitrogens with two attached hydrogens (primary N) is 1. The van der Waals surface area contributed by atoms with Gasteiger partial charge in [0.15, 0.2) is 0 Å². The summed E-state index contributed by atoms with van der Waals surface area (Å²) in [6.45, 7) is 9.44. The summed E-state index contributed by atoms with van der Waals surface area (Å²) in [6, 6.07) is 0. The second-order valence-corrected chi connectivity index (χ2v) is 5.81. The summed E-state index contributed by atoms with van der Waals surface area (Å²) < 4.78 is 5.69. The highest BCUT2D eigenvalue weighted by molar-refractivity contribution is 4.88. The predicted molar refractivity (Wildman–Crippen MR) is 68.5 cm³/mol. The fraction of sp³-hybridized carbons (Fsp3) is 1.00. The maximum Gasteiger partial charge on any atom is 0.0702 e. The molecule has 2 atom stereocenters. The highest BCUT2D eigenvalue weighted by Crippen LogP contribution is 2.24. The maximum absolute atomic E-state index is 5.95. The lowest BCUT2D eigenvalue weighted by Crippen LogP contribution is -2.52. The summed E-state index contributed by atoms with van der Waals surface area (Å²) in [5.41, 5.74) is 6.06. The van der Waals surface area contributed by atoms with Gasteiger partial charge in [0, 0.05) is 25.2 Å². The van der Waals surface area contributed by atoms with Gasteiger partial charge in [-0.1, -0.05) is 13.8 Å². The molecule has 0 radical (unpaired) electrons. The largest absolute Gasteiger partial charge is 0.377 e. The van der Waals surface area contributed by atoms with Crippen LogP contribution in [0.3, 0.4) is 0 Å². The van der Waals surface area contributed by atoms with Crippen LogP contribution in [0.15, 0.2) is 0 Å². The number of rotatable bonds is 6. The number of likely N-dealkylation sites (N-methyl/N-ethyl adjacent to an activating group) is 1. The molecule has 0 amide bonds. The zero-order valence-electron chi connectivity index (χ0n) is 11.3. The molecule has 1 aliphatic heterocycles. The summed E-state index contributed by atoms with van der Waals surface area (Å²) in [5, 5.41) is 0. The van der Waals surface area contributed by atoms with Crippen LogP contribution in [0, 0.1) is 5.92 Å². The Bertz CT molecular complexity index is 202. The minimum absolute atomic E-state index is 0.111. The quantitative estimate of drug-likeness (QED) is 0.754. The smallest absolute Gasteiger partial charge is 0.0702 e. The van der Waals surface area contributed by atoms with Gasteiger partial charge < -0.3 is 10.5 Å². The van der Waals surface area contributed by atoms with Crippen molar-refractivity contribution in [1.82, 2.24) is 4.90 Å². The Morgan fingerprint density at radius 1 is 1.50 bits per heavy atom. The average Bonchev–Trinajstić information content (AvgIpc) is 2.69. The lowest BCUT2D eigenvalue weighted by molar-refractivity contribution is 0.0357. The molecule has 3 heteroatoms. The third-order valence-electron chi connectivity index (χ3n) is 3.71. The van der Waals surface area contributed by atoms with Crippen LogP contribution in [0.4, 0.5) is 0 Å². The van der Waals surface area contributed by atoms with E-state index in [2.05, 4.69) is 32.7 Å². The zero-order chi connectivity index (χ0) is 12.2. The minimum atomic E-state index is 0.111. The molecular weight excluding hydrogens is 200 g/mol. The van der Waals surface area contributed by atoms with Gasteiger partial charge >= 0.3 is 0 Å². The van der Waals surface area contributed by atoms with Gasteiger partial charge in [-0.25, -0.2) is 0 Å². The van der Waals surface area contributed by atoms with Crippen molar-refractivity contribution in [2.24, 2.45) is 11.7 Å². The van der Waals surface area contributed by atoms with Gasteiger partial charge in [-0.05, 0) is 39.2 Å². The summed E-state index contributed by atoms with van der Waals surface area (Å²) in [7, 11) is 2.18. The van der Waals surface area contributed by atoms with E-state index in [-0.39, 0.29) is 5.54 Å². The fourth-order valence-corrected chi connectivity index (χ4v) is 2.59. The first-order valence-corrected chi connectivity index (χ1v) is 6.51. The zero-order valence-corrected chi connectivity index (χ0v) is 11.3. The molecule has 2 unspecified atom stereocenters. The molecule has 0 aromatic carbocycles. The summed E-state index contributed by atoms with van der Waals surface area (Å²) in [5.74, 6) is 0.681. The first-order valence-electron chi connectivity index (χ1n) is 6.51. The van der Waals surface area contributed by atoms with Crippen LogP contribution in [-0.2, 0) is 4.74 Å². The van der Waals surface area contributed by atoms with Gasteiger partial charge in [0.25, 0.3) is 0 Å². The first-order chi connectivity index (χ1) is 7.48. The molecule has 3 nitrogen and oxygen atoms in total. The molecule has 96 valence electrons. The van der Waals surface area contributed by atoms with Gasteiger partial charge in [0.2, 0.25) is 0 Å². The molecule has 1 heterocycles. The van der Waals surface area contributed by atoms with Crippen molar-refractivity contribution in [2.45, 2.75) is 51.7 Å². The van der Waals surface area contributed by atoms with Crippen molar-refractivity contribution < 1.29 is 4.74 Å². The molecule has 2 N–H and O–H groups in total. The Labute approximate surface area is 100 Å². The van der Waals surface area contributed by atoms with E-state index in [4.69, 9.17) is 10.5 Å². The van der Waals surface area contributed by atoms with Gasteiger partial charge in [-0.2, -0.15) is 0 Å². The Kier molecular flexibility index (Phi) is 5.22. The van der Waals surface area contributed by atoms with Crippen molar-refractivity contribution in [3.8, 4) is 0 Å². The van der Waals surface area contributed by atoms with Crippen LogP contribution in [0.5, 0.6) is 0 Å². The van der Waals surface area contributed by atoms with Crippen LogP contribution in [0.25, 0.3) is 0 Å². The van der Waals surface area contributed by atoms with E-state index >= 15 is 0 Å². The fourth-order valence-electron chi connectivity index (χ4n) is 2.59. The highest BCUT2D eigenvalue weighted by Gasteiger charge is 2.31. The second kappa shape index (κ2) is 5.99. The van der Waals surface area contributed by atoms with E-state index in [0.717, 1.165) is 19.6 Å². The molecule has 0 saturated carbocycles. The van der Waals surface area contributed by atoms with E-state index in [1.165, 1.54) is 12.8 Å². The topological polar surface area (TPSA) is 38.5 Å². The van der Waals surface area contributed by atoms with Crippen molar-refractivity contribution in [1.29, 1.82) is 0 Å². The third-order valence-corrected chi connectivity index (χ3v) is 3.71. The van der Waals surface area contributed by atoms with E-state index in [0.29, 0.717) is 18.6 Å². The molecule has 0 aliphatic carbocycles. The Morgan fingerprint density at radius 3 is 2.62 bits per heavy atom. The molecule has 0 bridgehead atoms. The Balaban J connectivity index is 2.49. The monoisotopic (exact) mass is 228 g/mol. The maximum atomic E-state index is 5.95. The normalized spacial score (nSPS) is 25.3. The van der Waals surface area contributed by atoms with Crippen molar-refractivity contribution in [2.75, 3.05) is 26.7 Å². The molecular formula is C13H28N2O. The second-order valence-electron chi connectivity index (χ2n) is 5.81. The average molecular weight is 228 g/mol. The van der Waals surface area contributed by atoms with Crippen molar-refractivity contribution in [3.05, 3.63) is 0 Å². The summed E-state index contributed by atoms with van der Waals surface area (Å²) in [4.78, 5) is 2.39. The molecule has 1 saturated heterocycles. The predicted octanol–water partition coefficient (Wildman–Crippen LogP) is 1.86. The van der Waals surface area contributed by atoms with E-state index in [1.807, 2.05) is 0 Å². The lowest BCUT2D eigenvalue weighted by Gasteiger charge is -2.40. The van der Waals surface area contributed by atoms with Crippen LogP contribution >= 0.6 is 0 Å². The molecule has 1 rings (SSSR count). The van der Waals surface area contributed by atoms with E-state index in [1.54, 1.807) is 0 Å². The SMILES string of the molecule is CC(C)CC(C)(CN)N(C)CC1CCCO1. The standard InChI is InChI=1S/C13H28N2O/c1-11(2)8-13(3,10-14)15(4)9-12-6-5-7-16-12/h11-12H,5-10,14H2,1-4H3. The first kappa shape index (κ1) is 13.9. The molecule has 0 aromatic rings. The molecule has 1 fully saturated rings. The van der Waals surface area contributed by atoms with E-state index in [9.17, 15) is 0 Å². The highest BCUT2D eigenvalue weighted by atomic mass is 16.5. The van der Waals surface area contributed by atoms with Gasteiger partial charge in [0.1, 0.15) is 0 Å². The Morgan fingerprint density at radius 2 is 2.19 bits per heavy atom. The summed E-state index contributed by atoms with van der Waals surface area (Å²) >= 11 is 0. The van der Waals surface area contributed by atoms with Crippen LogP contribution in [0.1, 0.15) is 40.0 Å². The number of ether oxygens (including phenoxy) is 1. The number of hydrogen-bond donors (Lipinski definition) is 1.